The molecule has 0 bridgehead atoms. The molecule has 1 aromatic rings. The van der Waals surface area contributed by atoms with Crippen LogP contribution in [0.4, 0.5) is 15.8 Å². The average Bonchev–Trinajstić information content (AvgIpc) is 2.38. The maximum Gasteiger partial charge on any atom is 0.139 e. The zero-order valence-corrected chi connectivity index (χ0v) is 12.3. The van der Waals surface area contributed by atoms with E-state index in [1.54, 1.807) is 12.1 Å². The Bertz CT molecular complexity index is 417. The molecule has 0 aliphatic heterocycles. The van der Waals surface area contributed by atoms with E-state index in [0.717, 1.165) is 12.2 Å². The second-order valence-electron chi connectivity index (χ2n) is 4.90. The van der Waals surface area contributed by atoms with E-state index in [-0.39, 0.29) is 5.82 Å². The minimum absolute atomic E-state index is 0.242. The summed E-state index contributed by atoms with van der Waals surface area (Å²) in [6, 6.07) is 3.72. The largest absolute Gasteiger partial charge is 0.397 e. The smallest absolute Gasteiger partial charge is 0.139 e. The van der Waals surface area contributed by atoms with Crippen molar-refractivity contribution in [3.05, 3.63) is 22.4 Å². The lowest BCUT2D eigenvalue weighted by Gasteiger charge is -2.36. The average molecular weight is 315 g/mol. The number of rotatable bonds is 3. The second kappa shape index (κ2) is 5.91. The summed E-state index contributed by atoms with van der Waals surface area (Å²) in [7, 11) is 0. The van der Waals surface area contributed by atoms with Gasteiger partial charge in [0.05, 0.1) is 15.8 Å². The zero-order chi connectivity index (χ0) is 13.1. The zero-order valence-electron chi connectivity index (χ0n) is 10.8. The van der Waals surface area contributed by atoms with Crippen LogP contribution in [0.5, 0.6) is 0 Å². The van der Waals surface area contributed by atoms with Gasteiger partial charge in [0.1, 0.15) is 5.82 Å². The summed E-state index contributed by atoms with van der Waals surface area (Å²) < 4.78 is 14.1. The fourth-order valence-corrected chi connectivity index (χ4v) is 3.18. The van der Waals surface area contributed by atoms with Crippen LogP contribution < -0.4 is 10.6 Å². The first-order chi connectivity index (χ1) is 8.63. The Morgan fingerprint density at radius 2 is 2.00 bits per heavy atom. The van der Waals surface area contributed by atoms with Gasteiger partial charge in [0, 0.05) is 18.7 Å². The summed E-state index contributed by atoms with van der Waals surface area (Å²) in [5, 5.41) is 0. The van der Waals surface area contributed by atoms with Crippen LogP contribution in [0, 0.1) is 5.82 Å². The number of hydrogen-bond donors (Lipinski definition) is 1. The third-order valence-electron chi connectivity index (χ3n) is 3.74. The molecule has 1 saturated carbocycles. The molecule has 1 aliphatic carbocycles. The third kappa shape index (κ3) is 2.79. The first-order valence-corrected chi connectivity index (χ1v) is 7.44. The van der Waals surface area contributed by atoms with Crippen molar-refractivity contribution in [2.75, 3.05) is 17.2 Å². The molecule has 0 atom stereocenters. The molecule has 0 spiro atoms. The Morgan fingerprint density at radius 1 is 1.33 bits per heavy atom. The quantitative estimate of drug-likeness (QED) is 0.841. The standard InChI is InChI=1S/C14H20BrFN2/c1-2-18(10-6-4-3-5-7-10)14-9-12(16)11(15)8-13(14)17/h8-10H,2-7,17H2,1H3. The number of anilines is 2. The fourth-order valence-electron chi connectivity index (χ4n) is 2.82. The minimum atomic E-state index is -0.242. The van der Waals surface area contributed by atoms with Gasteiger partial charge in [0.2, 0.25) is 0 Å². The van der Waals surface area contributed by atoms with Crippen LogP contribution >= 0.6 is 15.9 Å². The molecule has 1 fully saturated rings. The van der Waals surface area contributed by atoms with Crippen LogP contribution in [0.3, 0.4) is 0 Å². The molecule has 1 aromatic carbocycles. The highest BCUT2D eigenvalue weighted by atomic mass is 79.9. The van der Waals surface area contributed by atoms with Crippen molar-refractivity contribution >= 4 is 27.3 Å². The predicted molar refractivity (Wildman–Crippen MR) is 78.4 cm³/mol. The van der Waals surface area contributed by atoms with Crippen LogP contribution in [0.1, 0.15) is 39.0 Å². The van der Waals surface area contributed by atoms with E-state index in [1.807, 2.05) is 0 Å². The Balaban J connectivity index is 2.28. The topological polar surface area (TPSA) is 29.3 Å². The van der Waals surface area contributed by atoms with Gasteiger partial charge in [-0.05, 0) is 41.8 Å². The van der Waals surface area contributed by atoms with Gasteiger partial charge >= 0.3 is 0 Å². The highest BCUT2D eigenvalue weighted by Gasteiger charge is 2.22. The molecule has 0 aromatic heterocycles. The Labute approximate surface area is 116 Å². The van der Waals surface area contributed by atoms with Gasteiger partial charge in [-0.25, -0.2) is 4.39 Å². The molecule has 2 rings (SSSR count). The van der Waals surface area contributed by atoms with Gasteiger partial charge in [-0.2, -0.15) is 0 Å². The molecule has 18 heavy (non-hydrogen) atoms. The van der Waals surface area contributed by atoms with Crippen molar-refractivity contribution in [3.8, 4) is 0 Å². The molecule has 0 unspecified atom stereocenters. The van der Waals surface area contributed by atoms with Gasteiger partial charge < -0.3 is 10.6 Å². The second-order valence-corrected chi connectivity index (χ2v) is 5.76. The van der Waals surface area contributed by atoms with E-state index < -0.39 is 0 Å². The first-order valence-electron chi connectivity index (χ1n) is 6.64. The molecule has 2 nitrogen and oxygen atoms in total. The van der Waals surface area contributed by atoms with Gasteiger partial charge in [0.25, 0.3) is 0 Å². The SMILES string of the molecule is CCN(c1cc(F)c(Br)cc1N)C1CCCCC1. The van der Waals surface area contributed by atoms with Crippen LogP contribution in [-0.2, 0) is 0 Å². The van der Waals surface area contributed by atoms with E-state index in [1.165, 1.54) is 32.1 Å². The predicted octanol–water partition coefficient (Wildman–Crippen LogP) is 4.33. The molecular formula is C14H20BrFN2. The Kier molecular flexibility index (Phi) is 4.49. The lowest BCUT2D eigenvalue weighted by molar-refractivity contribution is 0.418. The van der Waals surface area contributed by atoms with Gasteiger partial charge in [-0.3, -0.25) is 0 Å². The first kappa shape index (κ1) is 13.7. The molecular weight excluding hydrogens is 295 g/mol. The van der Waals surface area contributed by atoms with Crippen molar-refractivity contribution < 1.29 is 4.39 Å². The summed E-state index contributed by atoms with van der Waals surface area (Å²) in [5.74, 6) is -0.242. The third-order valence-corrected chi connectivity index (χ3v) is 4.34. The number of nitrogens with zero attached hydrogens (tertiary/aromatic N) is 1. The number of nitrogens with two attached hydrogens (primary N) is 1. The van der Waals surface area contributed by atoms with E-state index in [2.05, 4.69) is 27.8 Å². The number of nitrogen functional groups attached to an aromatic ring is 1. The van der Waals surface area contributed by atoms with Crippen LogP contribution in [0.25, 0.3) is 0 Å². The molecule has 100 valence electrons. The highest BCUT2D eigenvalue weighted by Crippen LogP contribution is 2.33. The molecule has 0 radical (unpaired) electrons. The lowest BCUT2D eigenvalue weighted by atomic mass is 9.93. The maximum absolute atomic E-state index is 13.7. The van der Waals surface area contributed by atoms with E-state index in [9.17, 15) is 4.39 Å². The molecule has 0 heterocycles. The number of benzene rings is 1. The molecule has 2 N–H and O–H groups in total. The monoisotopic (exact) mass is 314 g/mol. The summed E-state index contributed by atoms with van der Waals surface area (Å²) >= 11 is 3.17. The molecule has 4 heteroatoms. The maximum atomic E-state index is 13.7. The summed E-state index contributed by atoms with van der Waals surface area (Å²) in [5.41, 5.74) is 7.52. The van der Waals surface area contributed by atoms with Crippen molar-refractivity contribution in [3.63, 3.8) is 0 Å². The minimum Gasteiger partial charge on any atom is -0.397 e. The van der Waals surface area contributed by atoms with Gasteiger partial charge in [0.15, 0.2) is 0 Å². The highest BCUT2D eigenvalue weighted by molar-refractivity contribution is 9.10. The van der Waals surface area contributed by atoms with Crippen molar-refractivity contribution in [1.82, 2.24) is 0 Å². The fraction of sp³-hybridized carbons (Fsp3) is 0.571. The van der Waals surface area contributed by atoms with Crippen LogP contribution in [-0.4, -0.2) is 12.6 Å². The van der Waals surface area contributed by atoms with E-state index in [0.29, 0.717) is 16.2 Å². The van der Waals surface area contributed by atoms with E-state index >= 15 is 0 Å². The van der Waals surface area contributed by atoms with Crippen molar-refractivity contribution in [1.29, 1.82) is 0 Å². The normalized spacial score (nSPS) is 16.8. The number of hydrogen-bond acceptors (Lipinski definition) is 2. The van der Waals surface area contributed by atoms with E-state index in [4.69, 9.17) is 5.73 Å². The molecule has 0 saturated heterocycles. The summed E-state index contributed by atoms with van der Waals surface area (Å²) in [4.78, 5) is 2.25. The summed E-state index contributed by atoms with van der Waals surface area (Å²) in [6.45, 7) is 2.98. The van der Waals surface area contributed by atoms with Gasteiger partial charge in [-0.1, -0.05) is 19.3 Å². The van der Waals surface area contributed by atoms with Crippen molar-refractivity contribution in [2.24, 2.45) is 0 Å². The van der Waals surface area contributed by atoms with Crippen LogP contribution in [0.15, 0.2) is 16.6 Å². The molecule has 0 amide bonds. The summed E-state index contributed by atoms with van der Waals surface area (Å²) in [6.07, 6.45) is 6.22. The lowest BCUT2D eigenvalue weighted by Crippen LogP contribution is -2.37. The van der Waals surface area contributed by atoms with Crippen LogP contribution in [0.2, 0.25) is 0 Å². The molecule has 1 aliphatic rings. The van der Waals surface area contributed by atoms with Crippen molar-refractivity contribution in [2.45, 2.75) is 45.1 Å². The Hall–Kier alpha value is -0.770. The van der Waals surface area contributed by atoms with Gasteiger partial charge in [-0.15, -0.1) is 0 Å². The number of halogens is 2. The Morgan fingerprint density at radius 3 is 2.61 bits per heavy atom.